The summed E-state index contributed by atoms with van der Waals surface area (Å²) in [6, 6.07) is 12.5. The Kier molecular flexibility index (Phi) is 4.62. The van der Waals surface area contributed by atoms with Crippen molar-refractivity contribution in [1.82, 2.24) is 10.3 Å². The molecule has 3 aromatic rings. The van der Waals surface area contributed by atoms with Gasteiger partial charge in [-0.05, 0) is 29.1 Å². The van der Waals surface area contributed by atoms with Gasteiger partial charge in [-0.2, -0.15) is 0 Å². The fraction of sp³-hybridized carbons (Fsp3) is 0.133. The van der Waals surface area contributed by atoms with Crippen LogP contribution in [-0.4, -0.2) is 4.98 Å². The van der Waals surface area contributed by atoms with Crippen molar-refractivity contribution in [1.29, 1.82) is 0 Å². The van der Waals surface area contributed by atoms with E-state index in [0.717, 1.165) is 22.6 Å². The van der Waals surface area contributed by atoms with Crippen LogP contribution in [0, 0.1) is 0 Å². The quantitative estimate of drug-likeness (QED) is 0.694. The molecule has 0 aliphatic carbocycles. The molecule has 0 fully saturated rings. The molecule has 1 N–H and O–H groups in total. The molecule has 0 saturated heterocycles. The van der Waals surface area contributed by atoms with Crippen molar-refractivity contribution < 1.29 is 0 Å². The zero-order chi connectivity index (χ0) is 13.8. The Hall–Kier alpha value is -1.01. The third-order valence-corrected chi connectivity index (χ3v) is 5.23. The lowest BCUT2D eigenvalue weighted by Crippen LogP contribution is -2.11. The second kappa shape index (κ2) is 6.63. The van der Waals surface area contributed by atoms with Gasteiger partial charge in [0, 0.05) is 28.6 Å². The lowest BCUT2D eigenvalue weighted by Gasteiger charge is -1.99. The number of aromatic nitrogens is 1. The molecule has 2 nitrogen and oxygen atoms in total. The smallest absolute Gasteiger partial charge is 0.107 e. The highest BCUT2D eigenvalue weighted by atomic mass is 79.9. The molecule has 0 aliphatic heterocycles. The van der Waals surface area contributed by atoms with Crippen molar-refractivity contribution in [2.45, 2.75) is 13.1 Å². The van der Waals surface area contributed by atoms with E-state index in [4.69, 9.17) is 0 Å². The number of thiazole rings is 1. The van der Waals surface area contributed by atoms with E-state index < -0.39 is 0 Å². The number of halogens is 1. The van der Waals surface area contributed by atoms with Gasteiger partial charge in [0.15, 0.2) is 0 Å². The molecule has 5 heteroatoms. The van der Waals surface area contributed by atoms with Gasteiger partial charge >= 0.3 is 0 Å². The average Bonchev–Trinajstić information content (AvgIpc) is 3.10. The molecule has 102 valence electrons. The third-order valence-electron chi connectivity index (χ3n) is 2.82. The molecule has 3 rings (SSSR count). The number of rotatable bonds is 5. The Balaban J connectivity index is 1.62. The van der Waals surface area contributed by atoms with E-state index in [-0.39, 0.29) is 0 Å². The number of hydrogen-bond donors (Lipinski definition) is 1. The van der Waals surface area contributed by atoms with E-state index in [1.165, 1.54) is 15.3 Å². The van der Waals surface area contributed by atoms with Gasteiger partial charge in [0.2, 0.25) is 0 Å². The van der Waals surface area contributed by atoms with Crippen molar-refractivity contribution in [3.63, 3.8) is 0 Å². The van der Waals surface area contributed by atoms with Crippen LogP contribution in [0.3, 0.4) is 0 Å². The van der Waals surface area contributed by atoms with Crippen molar-refractivity contribution >= 4 is 38.6 Å². The molecule has 0 aliphatic rings. The standard InChI is InChI=1S/C15H13BrN2S2/c16-12-4-1-3-11(7-12)14-9-18-15(20-14)10-17-8-13-5-2-6-19-13/h1-7,9,17H,8,10H2. The number of nitrogens with zero attached hydrogens (tertiary/aromatic N) is 1. The molecule has 0 bridgehead atoms. The van der Waals surface area contributed by atoms with Crippen molar-refractivity contribution in [2.75, 3.05) is 0 Å². The van der Waals surface area contributed by atoms with E-state index in [1.807, 2.05) is 18.3 Å². The van der Waals surface area contributed by atoms with Crippen LogP contribution in [0.5, 0.6) is 0 Å². The van der Waals surface area contributed by atoms with Gasteiger partial charge in [-0.15, -0.1) is 22.7 Å². The summed E-state index contributed by atoms with van der Waals surface area (Å²) in [7, 11) is 0. The van der Waals surface area contributed by atoms with Gasteiger partial charge in [-0.25, -0.2) is 4.98 Å². The largest absolute Gasteiger partial charge is 0.306 e. The first-order valence-electron chi connectivity index (χ1n) is 6.25. The Bertz CT molecular complexity index is 677. The Morgan fingerprint density at radius 3 is 2.90 bits per heavy atom. The van der Waals surface area contributed by atoms with Crippen molar-refractivity contribution in [3.8, 4) is 10.4 Å². The molecule has 2 aromatic heterocycles. The van der Waals surface area contributed by atoms with E-state index in [9.17, 15) is 0 Å². The minimum Gasteiger partial charge on any atom is -0.306 e. The van der Waals surface area contributed by atoms with E-state index in [0.29, 0.717) is 0 Å². The Morgan fingerprint density at radius 1 is 1.15 bits per heavy atom. The van der Waals surface area contributed by atoms with E-state index in [2.05, 4.69) is 55.9 Å². The second-order valence-corrected chi connectivity index (χ2v) is 7.37. The first-order valence-corrected chi connectivity index (χ1v) is 8.74. The summed E-state index contributed by atoms with van der Waals surface area (Å²) in [5.74, 6) is 0. The van der Waals surface area contributed by atoms with Gasteiger partial charge in [0.1, 0.15) is 5.01 Å². The molecule has 0 atom stereocenters. The minimum atomic E-state index is 0.816. The van der Waals surface area contributed by atoms with Gasteiger partial charge in [0.25, 0.3) is 0 Å². The molecule has 0 amide bonds. The summed E-state index contributed by atoms with van der Waals surface area (Å²) in [6.07, 6.45) is 1.95. The highest BCUT2D eigenvalue weighted by molar-refractivity contribution is 9.10. The maximum atomic E-state index is 4.49. The summed E-state index contributed by atoms with van der Waals surface area (Å²) in [5.41, 5.74) is 1.21. The van der Waals surface area contributed by atoms with Crippen LogP contribution >= 0.6 is 38.6 Å². The van der Waals surface area contributed by atoms with Gasteiger partial charge in [-0.3, -0.25) is 0 Å². The highest BCUT2D eigenvalue weighted by Crippen LogP contribution is 2.28. The van der Waals surface area contributed by atoms with Crippen LogP contribution in [-0.2, 0) is 13.1 Å². The zero-order valence-corrected chi connectivity index (χ0v) is 13.9. The highest BCUT2D eigenvalue weighted by Gasteiger charge is 2.05. The summed E-state index contributed by atoms with van der Waals surface area (Å²) in [4.78, 5) is 7.05. The summed E-state index contributed by atoms with van der Waals surface area (Å²) < 4.78 is 1.10. The summed E-state index contributed by atoms with van der Waals surface area (Å²) >= 11 is 7.02. The molecule has 0 unspecified atom stereocenters. The van der Waals surface area contributed by atoms with Crippen LogP contribution in [0.4, 0.5) is 0 Å². The molecule has 20 heavy (non-hydrogen) atoms. The summed E-state index contributed by atoms with van der Waals surface area (Å²) in [6.45, 7) is 1.72. The first-order chi connectivity index (χ1) is 9.81. The fourth-order valence-electron chi connectivity index (χ4n) is 1.87. The molecule has 1 aromatic carbocycles. The fourth-order valence-corrected chi connectivity index (χ4v) is 3.83. The first kappa shape index (κ1) is 13.9. The molecular formula is C15H13BrN2S2. The summed E-state index contributed by atoms with van der Waals surface area (Å²) in [5, 5.41) is 6.65. The number of thiophene rings is 1. The maximum Gasteiger partial charge on any atom is 0.107 e. The predicted molar refractivity (Wildman–Crippen MR) is 90.1 cm³/mol. The topological polar surface area (TPSA) is 24.9 Å². The van der Waals surface area contributed by atoms with Gasteiger partial charge in [-0.1, -0.05) is 34.1 Å². The predicted octanol–water partition coefficient (Wildman–Crippen LogP) is 4.92. The van der Waals surface area contributed by atoms with E-state index >= 15 is 0 Å². The lowest BCUT2D eigenvalue weighted by atomic mass is 10.2. The average molecular weight is 365 g/mol. The minimum absolute atomic E-state index is 0.816. The molecular weight excluding hydrogens is 352 g/mol. The SMILES string of the molecule is Brc1cccc(-c2cnc(CNCc3cccs3)s2)c1. The van der Waals surface area contributed by atoms with Crippen LogP contribution < -0.4 is 5.32 Å². The molecule has 0 radical (unpaired) electrons. The van der Waals surface area contributed by atoms with Crippen LogP contribution in [0.2, 0.25) is 0 Å². The zero-order valence-electron chi connectivity index (χ0n) is 10.7. The van der Waals surface area contributed by atoms with Crippen molar-refractivity contribution in [2.24, 2.45) is 0 Å². The second-order valence-electron chi connectivity index (χ2n) is 4.31. The number of hydrogen-bond acceptors (Lipinski definition) is 4. The van der Waals surface area contributed by atoms with Crippen LogP contribution in [0.25, 0.3) is 10.4 Å². The number of nitrogens with one attached hydrogen (secondary N) is 1. The Morgan fingerprint density at radius 2 is 2.10 bits per heavy atom. The third kappa shape index (κ3) is 3.55. The van der Waals surface area contributed by atoms with Crippen LogP contribution in [0.15, 0.2) is 52.4 Å². The molecule has 0 spiro atoms. The maximum absolute atomic E-state index is 4.49. The number of benzene rings is 1. The molecule has 0 saturated carbocycles. The lowest BCUT2D eigenvalue weighted by molar-refractivity contribution is 0.697. The van der Waals surface area contributed by atoms with Crippen LogP contribution in [0.1, 0.15) is 9.88 Å². The van der Waals surface area contributed by atoms with E-state index in [1.54, 1.807) is 22.7 Å². The monoisotopic (exact) mass is 364 g/mol. The van der Waals surface area contributed by atoms with Crippen molar-refractivity contribution in [3.05, 3.63) is 62.3 Å². The molecule has 2 heterocycles. The van der Waals surface area contributed by atoms with Gasteiger partial charge in [0.05, 0.1) is 4.88 Å². The Labute approximate surface area is 134 Å². The normalized spacial score (nSPS) is 10.8. The van der Waals surface area contributed by atoms with Gasteiger partial charge < -0.3 is 5.32 Å².